The molecule has 30 heavy (non-hydrogen) atoms. The Morgan fingerprint density at radius 3 is 2.60 bits per heavy atom. The van der Waals surface area contributed by atoms with E-state index in [9.17, 15) is 14.0 Å². The molecule has 168 valence electrons. The Morgan fingerprint density at radius 1 is 1.23 bits per heavy atom. The van der Waals surface area contributed by atoms with Crippen molar-refractivity contribution in [2.75, 3.05) is 39.5 Å². The first-order chi connectivity index (χ1) is 14.3. The van der Waals surface area contributed by atoms with Crippen molar-refractivity contribution in [3.05, 3.63) is 49.0 Å². The Balaban J connectivity index is 2.18. The topological polar surface area (TPSA) is 77.1 Å². The summed E-state index contributed by atoms with van der Waals surface area (Å²) in [5.41, 5.74) is 0.675. The highest BCUT2D eigenvalue weighted by Crippen LogP contribution is 2.20. The number of alkyl carbamates (subject to hydrolysis) is 1. The Labute approximate surface area is 178 Å². The SMILES string of the molecule is C=CC(=O)N1CCCC1COC(=O)NCCOCCO/C(=C/C(=C)F)C(=C)C(C)C. The lowest BCUT2D eigenvalue weighted by atomic mass is 10.0. The normalized spacial score (nSPS) is 16.3. The van der Waals surface area contributed by atoms with Gasteiger partial charge in [-0.1, -0.05) is 33.6 Å². The quantitative estimate of drug-likeness (QED) is 0.212. The number of nitrogens with one attached hydrogen (secondary N) is 1. The largest absolute Gasteiger partial charge is 0.491 e. The Bertz CT molecular complexity index is 660. The molecule has 0 radical (unpaired) electrons. The zero-order valence-corrected chi connectivity index (χ0v) is 18.0. The molecular weight excluding hydrogens is 391 g/mol. The van der Waals surface area contributed by atoms with Gasteiger partial charge < -0.3 is 24.4 Å². The van der Waals surface area contributed by atoms with Gasteiger partial charge in [-0.3, -0.25) is 4.79 Å². The second-order valence-electron chi connectivity index (χ2n) is 7.15. The molecule has 1 aliphatic rings. The number of hydrogen-bond acceptors (Lipinski definition) is 5. The van der Waals surface area contributed by atoms with Gasteiger partial charge in [0.1, 0.15) is 24.8 Å². The molecule has 2 amide bonds. The third-order valence-electron chi connectivity index (χ3n) is 4.54. The summed E-state index contributed by atoms with van der Waals surface area (Å²) in [7, 11) is 0. The van der Waals surface area contributed by atoms with Crippen molar-refractivity contribution >= 4 is 12.0 Å². The molecule has 1 atom stereocenters. The maximum atomic E-state index is 13.1. The number of allylic oxidation sites excluding steroid dienone is 3. The highest BCUT2D eigenvalue weighted by atomic mass is 19.1. The number of carbonyl (C=O) groups excluding carboxylic acids is 2. The molecular formula is C22H33FN2O5. The van der Waals surface area contributed by atoms with Crippen LogP contribution in [0.5, 0.6) is 0 Å². The first-order valence-electron chi connectivity index (χ1n) is 10.1. The van der Waals surface area contributed by atoms with Crippen LogP contribution in [0.25, 0.3) is 0 Å². The van der Waals surface area contributed by atoms with E-state index in [4.69, 9.17) is 14.2 Å². The standard InChI is InChI=1S/C22H33FN2O5/c1-6-21(26)25-10-7-8-19(25)15-30-22(27)24-9-11-28-12-13-29-20(14-17(4)23)18(5)16(2)3/h6,14,16,19H,1,4-5,7-13,15H2,2-3H3,(H,24,27)/b20-14+. The molecule has 1 saturated heterocycles. The van der Waals surface area contributed by atoms with E-state index < -0.39 is 11.9 Å². The molecule has 0 aromatic carbocycles. The molecule has 7 nitrogen and oxygen atoms in total. The fraction of sp³-hybridized carbons (Fsp3) is 0.545. The second kappa shape index (κ2) is 13.6. The Hall–Kier alpha value is -2.61. The van der Waals surface area contributed by atoms with E-state index >= 15 is 0 Å². The number of nitrogens with zero attached hydrogens (tertiary/aromatic N) is 1. The van der Waals surface area contributed by atoms with Gasteiger partial charge in [0.05, 0.1) is 19.3 Å². The third-order valence-corrected chi connectivity index (χ3v) is 4.54. The van der Waals surface area contributed by atoms with Crippen molar-refractivity contribution in [3.63, 3.8) is 0 Å². The fourth-order valence-corrected chi connectivity index (χ4v) is 2.83. The minimum atomic E-state index is -0.606. The van der Waals surface area contributed by atoms with Gasteiger partial charge in [0.15, 0.2) is 0 Å². The van der Waals surface area contributed by atoms with Crippen molar-refractivity contribution in [1.82, 2.24) is 10.2 Å². The lowest BCUT2D eigenvalue weighted by Gasteiger charge is -2.23. The van der Waals surface area contributed by atoms with Gasteiger partial charge in [-0.25, -0.2) is 9.18 Å². The first kappa shape index (κ1) is 25.4. The summed E-state index contributed by atoms with van der Waals surface area (Å²) in [5, 5.41) is 2.59. The Morgan fingerprint density at radius 2 is 1.97 bits per heavy atom. The maximum absolute atomic E-state index is 13.1. The van der Waals surface area contributed by atoms with E-state index in [0.717, 1.165) is 12.8 Å². The summed E-state index contributed by atoms with van der Waals surface area (Å²) < 4.78 is 29.2. The van der Waals surface area contributed by atoms with E-state index in [-0.39, 0.29) is 50.8 Å². The second-order valence-corrected chi connectivity index (χ2v) is 7.15. The van der Waals surface area contributed by atoms with Crippen LogP contribution in [0.1, 0.15) is 26.7 Å². The van der Waals surface area contributed by atoms with Gasteiger partial charge in [-0.15, -0.1) is 0 Å². The fourth-order valence-electron chi connectivity index (χ4n) is 2.83. The molecule has 1 aliphatic heterocycles. The van der Waals surface area contributed by atoms with Crippen molar-refractivity contribution < 1.29 is 28.2 Å². The van der Waals surface area contributed by atoms with E-state index in [1.54, 1.807) is 4.90 Å². The molecule has 0 aliphatic carbocycles. The zero-order valence-electron chi connectivity index (χ0n) is 18.0. The Kier molecular flexibility index (Phi) is 11.5. The average Bonchev–Trinajstić information content (AvgIpc) is 3.17. The third kappa shape index (κ3) is 9.26. The van der Waals surface area contributed by atoms with Gasteiger partial charge in [0.2, 0.25) is 5.91 Å². The summed E-state index contributed by atoms with van der Waals surface area (Å²) in [6, 6.07) is -0.113. The number of ether oxygens (including phenoxy) is 3. The van der Waals surface area contributed by atoms with Gasteiger partial charge in [0, 0.05) is 19.2 Å². The molecule has 0 aromatic rings. The summed E-state index contributed by atoms with van der Waals surface area (Å²) in [5.74, 6) is -0.301. The molecule has 1 unspecified atom stereocenters. The van der Waals surface area contributed by atoms with Crippen LogP contribution < -0.4 is 5.32 Å². The van der Waals surface area contributed by atoms with E-state index in [1.165, 1.54) is 12.2 Å². The predicted octanol–water partition coefficient (Wildman–Crippen LogP) is 3.50. The minimum absolute atomic E-state index is 0.109. The zero-order chi connectivity index (χ0) is 22.5. The van der Waals surface area contributed by atoms with Gasteiger partial charge in [-0.05, 0) is 30.4 Å². The molecule has 0 bridgehead atoms. The van der Waals surface area contributed by atoms with Crippen molar-refractivity contribution in [2.24, 2.45) is 5.92 Å². The predicted molar refractivity (Wildman–Crippen MR) is 113 cm³/mol. The van der Waals surface area contributed by atoms with Crippen LogP contribution in [0, 0.1) is 5.92 Å². The average molecular weight is 425 g/mol. The minimum Gasteiger partial charge on any atom is -0.491 e. The van der Waals surface area contributed by atoms with Crippen LogP contribution in [-0.2, 0) is 19.0 Å². The maximum Gasteiger partial charge on any atom is 0.407 e. The molecule has 8 heteroatoms. The van der Waals surface area contributed by atoms with Crippen LogP contribution in [0.2, 0.25) is 0 Å². The van der Waals surface area contributed by atoms with Crippen LogP contribution in [0.4, 0.5) is 9.18 Å². The van der Waals surface area contributed by atoms with Crippen LogP contribution >= 0.6 is 0 Å². The van der Waals surface area contributed by atoms with Crippen LogP contribution in [0.15, 0.2) is 49.0 Å². The molecule has 1 rings (SSSR count). The van der Waals surface area contributed by atoms with Gasteiger partial charge >= 0.3 is 6.09 Å². The highest BCUT2D eigenvalue weighted by Gasteiger charge is 2.28. The van der Waals surface area contributed by atoms with E-state index in [0.29, 0.717) is 17.9 Å². The van der Waals surface area contributed by atoms with Gasteiger partial charge in [-0.2, -0.15) is 0 Å². The van der Waals surface area contributed by atoms with Crippen molar-refractivity contribution in [2.45, 2.75) is 32.7 Å². The number of halogens is 1. The van der Waals surface area contributed by atoms with Crippen LogP contribution in [-0.4, -0.2) is 62.5 Å². The van der Waals surface area contributed by atoms with E-state index in [2.05, 4.69) is 25.1 Å². The summed E-state index contributed by atoms with van der Waals surface area (Å²) >= 11 is 0. The molecule has 0 aromatic heterocycles. The number of amides is 2. The summed E-state index contributed by atoms with van der Waals surface area (Å²) in [6.07, 6.45) is 3.59. The van der Waals surface area contributed by atoms with E-state index in [1.807, 2.05) is 13.8 Å². The molecule has 1 fully saturated rings. The molecule has 1 N–H and O–H groups in total. The number of carbonyl (C=O) groups is 2. The number of hydrogen-bond donors (Lipinski definition) is 1. The smallest absolute Gasteiger partial charge is 0.407 e. The highest BCUT2D eigenvalue weighted by molar-refractivity contribution is 5.87. The summed E-state index contributed by atoms with van der Waals surface area (Å²) in [6.45, 7) is 16.3. The van der Waals surface area contributed by atoms with Crippen LogP contribution in [0.3, 0.4) is 0 Å². The lowest BCUT2D eigenvalue weighted by Crippen LogP contribution is -2.39. The monoisotopic (exact) mass is 424 g/mol. The molecule has 0 spiro atoms. The first-order valence-corrected chi connectivity index (χ1v) is 10.1. The number of likely N-dealkylation sites (tertiary alicyclic amines) is 1. The van der Waals surface area contributed by atoms with Crippen molar-refractivity contribution in [1.29, 1.82) is 0 Å². The summed E-state index contributed by atoms with van der Waals surface area (Å²) in [4.78, 5) is 25.2. The number of rotatable bonds is 13. The van der Waals surface area contributed by atoms with Gasteiger partial charge in [0.25, 0.3) is 0 Å². The molecule has 0 saturated carbocycles. The van der Waals surface area contributed by atoms with Crippen molar-refractivity contribution in [3.8, 4) is 0 Å². The lowest BCUT2D eigenvalue weighted by molar-refractivity contribution is -0.127. The molecule has 1 heterocycles.